The van der Waals surface area contributed by atoms with Crippen LogP contribution in [-0.2, 0) is 41.4 Å². The van der Waals surface area contributed by atoms with Crippen molar-refractivity contribution in [2.45, 2.75) is 63.2 Å². The van der Waals surface area contributed by atoms with Gasteiger partial charge in [0.1, 0.15) is 38.2 Å². The van der Waals surface area contributed by atoms with Crippen LogP contribution >= 0.6 is 0 Å². The number of aliphatic hydroxyl groups is 1. The van der Waals surface area contributed by atoms with E-state index in [1.807, 2.05) is 68.4 Å². The molecule has 48 heavy (non-hydrogen) atoms. The Morgan fingerprint density at radius 2 is 1.48 bits per heavy atom. The average Bonchev–Trinajstić information content (AvgIpc) is 3.34. The van der Waals surface area contributed by atoms with E-state index in [0.717, 1.165) is 5.56 Å². The summed E-state index contributed by atoms with van der Waals surface area (Å²) >= 11 is 0. The maximum atomic E-state index is 12.5. The van der Waals surface area contributed by atoms with E-state index >= 15 is 0 Å². The molecule has 3 aromatic rings. The van der Waals surface area contributed by atoms with Gasteiger partial charge in [-0.3, -0.25) is 9.59 Å². The van der Waals surface area contributed by atoms with Crippen LogP contribution in [0, 0.1) is 0 Å². The second-order valence-electron chi connectivity index (χ2n) is 10.9. The molecular weight excluding hydrogens is 657 g/mol. The molecule has 0 radical (unpaired) electrons. The quantitative estimate of drug-likeness (QED) is 0.0567. The number of hydroxylamine groups is 2. The third kappa shape index (κ3) is 9.16. The summed E-state index contributed by atoms with van der Waals surface area (Å²) < 4.78 is 50.4. The molecule has 0 aromatic heterocycles. The number of imide groups is 1. The molecule has 1 saturated heterocycles. The number of carbonyl (C=O) groups excluding carboxylic acids is 3. The van der Waals surface area contributed by atoms with Crippen LogP contribution in [0.1, 0.15) is 68.2 Å². The number of hydrogen-bond acceptors (Lipinski definition) is 11. The maximum Gasteiger partial charge on any atom is 1.00 e. The van der Waals surface area contributed by atoms with Crippen LogP contribution < -0.4 is 43.8 Å². The monoisotopic (exact) mass is 695 g/mol. The van der Waals surface area contributed by atoms with Crippen molar-refractivity contribution in [2.24, 2.45) is 0 Å². The van der Waals surface area contributed by atoms with E-state index < -0.39 is 45.2 Å². The van der Waals surface area contributed by atoms with Crippen LogP contribution in [0.25, 0.3) is 0 Å². The van der Waals surface area contributed by atoms with Crippen molar-refractivity contribution in [3.05, 3.63) is 89.0 Å². The number of benzene rings is 3. The summed E-state index contributed by atoms with van der Waals surface area (Å²) in [6.07, 6.45) is 1.09. The largest absolute Gasteiger partial charge is 1.00 e. The van der Waals surface area contributed by atoms with Crippen LogP contribution in [0.2, 0.25) is 0 Å². The van der Waals surface area contributed by atoms with Crippen LogP contribution in [-0.4, -0.2) is 66.5 Å². The Hall–Kier alpha value is -3.46. The van der Waals surface area contributed by atoms with Gasteiger partial charge in [-0.2, -0.15) is 0 Å². The molecule has 0 aliphatic carbocycles. The van der Waals surface area contributed by atoms with Crippen LogP contribution in [0.15, 0.2) is 66.7 Å². The summed E-state index contributed by atoms with van der Waals surface area (Å²) in [5.74, 6) is -1.32. The molecule has 2 unspecified atom stereocenters. The first kappa shape index (κ1) is 39.0. The fourth-order valence-electron chi connectivity index (χ4n) is 5.40. The van der Waals surface area contributed by atoms with Gasteiger partial charge in [0, 0.05) is 6.42 Å². The van der Waals surface area contributed by atoms with E-state index in [1.54, 1.807) is 19.2 Å². The topological polar surface area (TPSA) is 169 Å². The van der Waals surface area contributed by atoms with Gasteiger partial charge < -0.3 is 28.7 Å². The van der Waals surface area contributed by atoms with E-state index in [4.69, 9.17) is 19.0 Å². The van der Waals surface area contributed by atoms with Gasteiger partial charge in [0.05, 0.1) is 26.7 Å². The minimum Gasteiger partial charge on any atom is -0.747 e. The van der Waals surface area contributed by atoms with Crippen molar-refractivity contribution < 1.29 is 81.1 Å². The van der Waals surface area contributed by atoms with Gasteiger partial charge in [-0.05, 0) is 91.8 Å². The zero-order chi connectivity index (χ0) is 34.2. The molecule has 1 heterocycles. The van der Waals surface area contributed by atoms with Gasteiger partial charge in [-0.25, -0.2) is 13.2 Å². The average molecular weight is 696 g/mol. The minimum absolute atomic E-state index is 0. The van der Waals surface area contributed by atoms with Crippen molar-refractivity contribution in [1.29, 1.82) is 0 Å². The van der Waals surface area contributed by atoms with Gasteiger partial charge >= 0.3 is 35.5 Å². The van der Waals surface area contributed by atoms with E-state index in [2.05, 4.69) is 0 Å². The number of unbranched alkanes of at least 4 members (excludes halogenated alkanes) is 2. The summed E-state index contributed by atoms with van der Waals surface area (Å²) in [6, 6.07) is 20.0. The Labute approximate surface area is 302 Å². The second kappa shape index (κ2) is 17.3. The molecule has 3 aromatic carbocycles. The van der Waals surface area contributed by atoms with Gasteiger partial charge in [-0.15, -0.1) is 5.06 Å². The fraction of sp³-hybridized carbons (Fsp3) is 0.382. The van der Waals surface area contributed by atoms with E-state index in [-0.39, 0.29) is 41.0 Å². The zero-order valence-electron chi connectivity index (χ0n) is 27.5. The Kier molecular flexibility index (Phi) is 14.0. The molecule has 1 aliphatic rings. The second-order valence-corrected chi connectivity index (χ2v) is 12.4. The maximum absolute atomic E-state index is 12.5. The SMILES string of the molecule is COc1ccc(C(O)(c2ccc(O[13CH2][13CH3])cc2)c2ccc(O[13CH2][13CH3])c(CCCCCC(=O)ON3C(=O)CC(S(=O)(=O)[O-])C3=O)c2)cc1.[Na+]. The number of ether oxygens (including phenoxy) is 3. The molecule has 4 rings (SSSR count). The molecule has 1 fully saturated rings. The standard InChI is InChI=1S/C34H39NO11S.Na/c1-4-44-28-18-13-25(14-19-28)34(39,24-11-16-27(43-3)17-12-24)26-15-20-29(45-5-2)23(21-26)9-7-6-8-10-32(37)46-35-31(36)22-30(33(35)38)47(40,41)42;/h11-21,30,39H,4-10,22H2,1-3H3,(H,40,41,42);/q;+1/p-1/i1+1,2+1,4+1,5+1;. The number of aryl methyl sites for hydroxylation is 1. The van der Waals surface area contributed by atoms with E-state index in [9.17, 15) is 32.5 Å². The summed E-state index contributed by atoms with van der Waals surface area (Å²) in [7, 11) is -3.48. The molecule has 0 saturated carbocycles. The van der Waals surface area contributed by atoms with Crippen molar-refractivity contribution in [3.8, 4) is 17.2 Å². The molecule has 0 spiro atoms. The van der Waals surface area contributed by atoms with Crippen molar-refractivity contribution in [2.75, 3.05) is 20.3 Å². The Morgan fingerprint density at radius 1 is 0.896 bits per heavy atom. The molecule has 1 aliphatic heterocycles. The van der Waals surface area contributed by atoms with Gasteiger partial charge in [0.2, 0.25) is 0 Å². The molecule has 1 N–H and O–H groups in total. The third-order valence-electron chi connectivity index (χ3n) is 7.80. The predicted octanol–water partition coefficient (Wildman–Crippen LogP) is 1.01. The van der Waals surface area contributed by atoms with Crippen LogP contribution in [0.5, 0.6) is 17.2 Å². The Bertz CT molecular complexity index is 1680. The molecule has 252 valence electrons. The van der Waals surface area contributed by atoms with E-state index in [1.165, 1.54) is 0 Å². The molecule has 12 nitrogen and oxygen atoms in total. The first-order valence-corrected chi connectivity index (χ1v) is 16.8. The third-order valence-corrected chi connectivity index (χ3v) is 8.86. The number of amides is 2. The van der Waals surface area contributed by atoms with Crippen molar-refractivity contribution >= 4 is 27.9 Å². The molecule has 2 atom stereocenters. The summed E-state index contributed by atoms with van der Waals surface area (Å²) in [5, 5.41) is 10.4. The molecule has 0 bridgehead atoms. The smallest absolute Gasteiger partial charge is 0.747 e. The zero-order valence-corrected chi connectivity index (χ0v) is 30.3. The first-order valence-electron chi connectivity index (χ1n) is 15.3. The van der Waals surface area contributed by atoms with Crippen molar-refractivity contribution in [1.82, 2.24) is 5.06 Å². The summed E-state index contributed by atoms with van der Waals surface area (Å²) in [6.45, 7) is 4.72. The molecular formula is C34H38NNaO11S. The minimum atomic E-state index is -5.05. The Morgan fingerprint density at radius 3 is 2.02 bits per heavy atom. The predicted molar refractivity (Wildman–Crippen MR) is 169 cm³/mol. The van der Waals surface area contributed by atoms with Gasteiger partial charge in [0.15, 0.2) is 0 Å². The summed E-state index contributed by atoms with van der Waals surface area (Å²) in [5.41, 5.74) is 1.20. The number of methoxy groups -OCH3 is 1. The summed E-state index contributed by atoms with van der Waals surface area (Å²) in [4.78, 5) is 41.1. The fourth-order valence-corrected chi connectivity index (χ4v) is 6.09. The molecule has 14 heteroatoms. The number of hydrogen-bond donors (Lipinski definition) is 1. The normalized spacial score (nSPS) is 15.8. The number of carbonyl (C=O) groups is 3. The van der Waals surface area contributed by atoms with Gasteiger partial charge in [0.25, 0.3) is 11.8 Å². The number of nitrogens with zero attached hydrogens (tertiary/aromatic N) is 1. The number of rotatable bonds is 16. The van der Waals surface area contributed by atoms with E-state index in [0.29, 0.717) is 72.8 Å². The molecule has 2 amide bonds. The van der Waals surface area contributed by atoms with Crippen molar-refractivity contribution in [3.63, 3.8) is 0 Å². The Balaban J connectivity index is 0.00000625. The van der Waals surface area contributed by atoms with Crippen LogP contribution in [0.4, 0.5) is 0 Å². The van der Waals surface area contributed by atoms with Gasteiger partial charge in [-0.1, -0.05) is 36.8 Å². The van der Waals surface area contributed by atoms with Crippen LogP contribution in [0.3, 0.4) is 0 Å². The first-order chi connectivity index (χ1) is 22.4.